The van der Waals surface area contributed by atoms with E-state index in [1.165, 1.54) is 18.4 Å². The summed E-state index contributed by atoms with van der Waals surface area (Å²) in [5.74, 6) is -0.0497. The van der Waals surface area contributed by atoms with Crippen molar-refractivity contribution in [2.75, 3.05) is 11.9 Å². The molecule has 1 aliphatic carbocycles. The number of alkyl halides is 3. The Morgan fingerprint density at radius 1 is 0.957 bits per heavy atom. The van der Waals surface area contributed by atoms with E-state index in [1.54, 1.807) is 51.1 Å². The molecule has 1 fully saturated rings. The molecule has 3 N–H and O–H groups in total. The van der Waals surface area contributed by atoms with Crippen molar-refractivity contribution in [2.24, 2.45) is 5.92 Å². The molecule has 11 heteroatoms. The summed E-state index contributed by atoms with van der Waals surface area (Å²) in [4.78, 5) is 25.6. The fraction of sp³-hybridized carbons (Fsp3) is 0.361. The van der Waals surface area contributed by atoms with Crippen LogP contribution in [0.5, 0.6) is 0 Å². The van der Waals surface area contributed by atoms with Gasteiger partial charge in [0, 0.05) is 24.3 Å². The van der Waals surface area contributed by atoms with Gasteiger partial charge in [-0.05, 0) is 100 Å². The van der Waals surface area contributed by atoms with Gasteiger partial charge in [0.15, 0.2) is 5.69 Å². The average Bonchev–Trinajstić information content (AvgIpc) is 3.71. The molecule has 1 aromatic heterocycles. The Morgan fingerprint density at radius 3 is 2.34 bits per heavy atom. The molecule has 2 amide bonds. The number of carbonyl (C=O) groups excluding carboxylic acids is 2. The highest BCUT2D eigenvalue weighted by atomic mass is 19.4. The Labute approximate surface area is 272 Å². The molecule has 3 aromatic carbocycles. The zero-order valence-electron chi connectivity index (χ0n) is 26.9. The van der Waals surface area contributed by atoms with Gasteiger partial charge >= 0.3 is 12.3 Å². The maximum atomic E-state index is 13.8. The molecule has 47 heavy (non-hydrogen) atoms. The lowest BCUT2D eigenvalue weighted by atomic mass is 9.97. The lowest BCUT2D eigenvalue weighted by molar-refractivity contribution is -0.141. The molecule has 4 aromatic rings. The van der Waals surface area contributed by atoms with Gasteiger partial charge in [0.2, 0.25) is 0 Å². The van der Waals surface area contributed by atoms with Crippen molar-refractivity contribution in [3.8, 4) is 5.69 Å². The van der Waals surface area contributed by atoms with Crippen molar-refractivity contribution in [2.45, 2.75) is 71.3 Å². The van der Waals surface area contributed by atoms with Gasteiger partial charge in [-0.1, -0.05) is 54.1 Å². The second kappa shape index (κ2) is 14.0. The number of anilines is 1. The predicted molar refractivity (Wildman–Crippen MR) is 174 cm³/mol. The molecule has 1 aliphatic rings. The van der Waals surface area contributed by atoms with Crippen molar-refractivity contribution in [3.05, 3.63) is 113 Å². The minimum atomic E-state index is -4.77. The van der Waals surface area contributed by atoms with E-state index in [0.29, 0.717) is 23.6 Å². The molecule has 0 radical (unpaired) electrons. The minimum absolute atomic E-state index is 0.0591. The Hall–Kier alpha value is -4.64. The lowest BCUT2D eigenvalue weighted by Gasteiger charge is -2.20. The first-order valence-electron chi connectivity index (χ1n) is 15.7. The number of aromatic nitrogens is 2. The summed E-state index contributed by atoms with van der Waals surface area (Å²) in [6, 6.07) is 23.0. The van der Waals surface area contributed by atoms with Crippen LogP contribution >= 0.6 is 0 Å². The van der Waals surface area contributed by atoms with Crippen LogP contribution < -0.4 is 16.0 Å². The molecule has 1 atom stereocenters. The monoisotopic (exact) mass is 647 g/mol. The van der Waals surface area contributed by atoms with E-state index in [1.807, 2.05) is 25.1 Å². The van der Waals surface area contributed by atoms with Crippen LogP contribution in [0.4, 0.5) is 23.7 Å². The summed E-state index contributed by atoms with van der Waals surface area (Å²) in [6.07, 6.45) is -2.27. The van der Waals surface area contributed by atoms with Crippen LogP contribution in [0.1, 0.15) is 78.1 Å². The highest BCUT2D eigenvalue weighted by Gasteiger charge is 2.36. The number of nitrogens with one attached hydrogen (secondary N) is 3. The fourth-order valence-corrected chi connectivity index (χ4v) is 5.11. The maximum Gasteiger partial charge on any atom is 0.435 e. The van der Waals surface area contributed by atoms with E-state index >= 15 is 0 Å². The Bertz CT molecular complexity index is 1710. The number of alkyl carbamates (subject to hydrolysis) is 1. The zero-order chi connectivity index (χ0) is 33.8. The molecule has 1 saturated carbocycles. The molecule has 0 spiro atoms. The number of hydrogen-bond acceptors (Lipinski definition) is 5. The number of hydrogen-bond donors (Lipinski definition) is 3. The molecule has 0 aliphatic heterocycles. The predicted octanol–water partition coefficient (Wildman–Crippen LogP) is 7.76. The third kappa shape index (κ3) is 9.68. The molecule has 248 valence electrons. The van der Waals surface area contributed by atoms with Crippen LogP contribution in [0.2, 0.25) is 0 Å². The van der Waals surface area contributed by atoms with Gasteiger partial charge in [-0.15, -0.1) is 0 Å². The first-order chi connectivity index (χ1) is 22.2. The van der Waals surface area contributed by atoms with Gasteiger partial charge in [-0.3, -0.25) is 4.79 Å². The van der Waals surface area contributed by atoms with E-state index in [9.17, 15) is 22.8 Å². The Kier molecular flexibility index (Phi) is 10.0. The van der Waals surface area contributed by atoms with Gasteiger partial charge in [0.05, 0.1) is 5.69 Å². The van der Waals surface area contributed by atoms with Crippen molar-refractivity contribution < 1.29 is 27.5 Å². The van der Waals surface area contributed by atoms with Crippen LogP contribution in [0.15, 0.2) is 78.9 Å². The minimum Gasteiger partial charge on any atom is -0.444 e. The Balaban J connectivity index is 1.35. The topological polar surface area (TPSA) is 97.3 Å². The highest BCUT2D eigenvalue weighted by molar-refractivity contribution is 6.03. The average molecular weight is 648 g/mol. The third-order valence-electron chi connectivity index (χ3n) is 7.68. The van der Waals surface area contributed by atoms with Crippen LogP contribution in [0.3, 0.4) is 0 Å². The van der Waals surface area contributed by atoms with Crippen molar-refractivity contribution in [1.29, 1.82) is 0 Å². The molecule has 5 rings (SSSR count). The van der Waals surface area contributed by atoms with Crippen molar-refractivity contribution >= 4 is 17.7 Å². The van der Waals surface area contributed by atoms with E-state index in [4.69, 9.17) is 4.74 Å². The summed E-state index contributed by atoms with van der Waals surface area (Å²) in [6.45, 7) is 8.25. The smallest absolute Gasteiger partial charge is 0.435 e. The molecule has 1 unspecified atom stereocenters. The van der Waals surface area contributed by atoms with Crippen LogP contribution in [0.25, 0.3) is 5.69 Å². The second-order valence-corrected chi connectivity index (χ2v) is 13.0. The largest absolute Gasteiger partial charge is 0.444 e. The van der Waals surface area contributed by atoms with Gasteiger partial charge in [-0.2, -0.15) is 18.3 Å². The number of aryl methyl sites for hydroxylation is 1. The molecule has 8 nitrogen and oxygen atoms in total. The first kappa shape index (κ1) is 33.7. The first-order valence-corrected chi connectivity index (χ1v) is 15.7. The van der Waals surface area contributed by atoms with E-state index < -0.39 is 29.5 Å². The van der Waals surface area contributed by atoms with Crippen molar-refractivity contribution in [1.82, 2.24) is 20.4 Å². The summed E-state index contributed by atoms with van der Waals surface area (Å²) < 4.78 is 47.6. The molecular weight excluding hydrogens is 607 g/mol. The molecule has 1 heterocycles. The number of carbonyl (C=O) groups is 2. The van der Waals surface area contributed by atoms with Gasteiger partial charge < -0.3 is 20.7 Å². The number of halogens is 3. The highest BCUT2D eigenvalue weighted by Crippen LogP contribution is 2.31. The molecule has 0 saturated heterocycles. The van der Waals surface area contributed by atoms with Crippen molar-refractivity contribution in [3.63, 3.8) is 0 Å². The third-order valence-corrected chi connectivity index (χ3v) is 7.68. The number of ether oxygens (including phenoxy) is 1. The van der Waals surface area contributed by atoms with Gasteiger partial charge in [-0.25, -0.2) is 9.48 Å². The van der Waals surface area contributed by atoms with E-state index in [2.05, 4.69) is 45.3 Å². The second-order valence-electron chi connectivity index (χ2n) is 13.0. The summed E-state index contributed by atoms with van der Waals surface area (Å²) in [5.41, 5.74) is 2.39. The lowest BCUT2D eigenvalue weighted by Crippen LogP contribution is -2.32. The SMILES string of the molecule is Cc1ccc(C(Cc2cccc(NC(=O)c3cc(C(F)(F)F)nn3-c3cccc(CNC(=O)OC(C)(C)C)c3)c2)NCC2CC2)cc1. The van der Waals surface area contributed by atoms with Crippen LogP contribution in [-0.4, -0.2) is 33.9 Å². The molecular formula is C36H40F3N5O3. The number of benzene rings is 3. The van der Waals surface area contributed by atoms with E-state index in [0.717, 1.165) is 28.4 Å². The van der Waals surface area contributed by atoms with Gasteiger partial charge in [0.25, 0.3) is 5.91 Å². The quantitative estimate of drug-likeness (QED) is 0.155. The number of nitrogens with zero attached hydrogens (tertiary/aromatic N) is 2. The van der Waals surface area contributed by atoms with Gasteiger partial charge in [0.1, 0.15) is 11.3 Å². The number of amides is 2. The fourth-order valence-electron chi connectivity index (χ4n) is 5.11. The maximum absolute atomic E-state index is 13.8. The molecule has 0 bridgehead atoms. The zero-order valence-corrected chi connectivity index (χ0v) is 26.9. The summed E-state index contributed by atoms with van der Waals surface area (Å²) in [7, 11) is 0. The number of rotatable bonds is 11. The van der Waals surface area contributed by atoms with Crippen LogP contribution in [-0.2, 0) is 23.9 Å². The standard InChI is InChI=1S/C36H40F3N5O3/c1-23-11-15-27(16-12-23)30(40-21-24-13-14-24)19-25-7-5-9-28(17-25)42-33(45)31-20-32(36(37,38)39)43-44(31)29-10-6-8-26(18-29)22-41-34(46)47-35(2,3)4/h5-12,15-18,20,24,30,40H,13-14,19,21-22H2,1-4H3,(H,41,46)(H,42,45). The van der Waals surface area contributed by atoms with E-state index in [-0.39, 0.29) is 24.0 Å². The Morgan fingerprint density at radius 2 is 1.66 bits per heavy atom. The summed E-state index contributed by atoms with van der Waals surface area (Å²) in [5, 5.41) is 12.8. The van der Waals surface area contributed by atoms with Crippen LogP contribution in [0, 0.1) is 12.8 Å². The summed E-state index contributed by atoms with van der Waals surface area (Å²) >= 11 is 0. The normalized spacial score (nSPS) is 14.0.